The molecule has 0 radical (unpaired) electrons. The Morgan fingerprint density at radius 1 is 1.13 bits per heavy atom. The predicted octanol–water partition coefficient (Wildman–Crippen LogP) is 2.70. The third-order valence-corrected chi connectivity index (χ3v) is 2.05. The minimum atomic E-state index is -0.327. The van der Waals surface area contributed by atoms with E-state index in [1.165, 1.54) is 18.9 Å². The molecule has 88 valence electrons. The van der Waals surface area contributed by atoms with Crippen molar-refractivity contribution in [2.24, 2.45) is 0 Å². The van der Waals surface area contributed by atoms with E-state index in [-0.39, 0.29) is 5.97 Å². The van der Waals surface area contributed by atoms with Crippen LogP contribution in [0, 0.1) is 0 Å². The second-order valence-electron chi connectivity index (χ2n) is 3.34. The molecule has 0 unspecified atom stereocenters. The number of hydrogen-bond donors (Lipinski definition) is 0. The monoisotopic (exact) mass is 214 g/mol. The molecule has 0 saturated carbocycles. The van der Waals surface area contributed by atoms with Gasteiger partial charge in [0, 0.05) is 19.3 Å². The maximum absolute atomic E-state index is 10.7. The molecule has 0 bridgehead atoms. The molecule has 0 aromatic heterocycles. The van der Waals surface area contributed by atoms with Gasteiger partial charge in [-0.25, -0.2) is 4.79 Å². The molecule has 0 aliphatic heterocycles. The van der Waals surface area contributed by atoms with Crippen molar-refractivity contribution in [2.75, 3.05) is 19.8 Å². The van der Waals surface area contributed by atoms with Crippen molar-refractivity contribution >= 4 is 5.97 Å². The van der Waals surface area contributed by atoms with E-state index in [9.17, 15) is 4.79 Å². The summed E-state index contributed by atoms with van der Waals surface area (Å²) in [6, 6.07) is 0. The van der Waals surface area contributed by atoms with Crippen LogP contribution in [0.3, 0.4) is 0 Å². The van der Waals surface area contributed by atoms with Crippen LogP contribution in [0.25, 0.3) is 0 Å². The highest BCUT2D eigenvalue weighted by Gasteiger charge is 1.95. The molecule has 0 N–H and O–H groups in total. The molecular weight excluding hydrogens is 192 g/mol. The van der Waals surface area contributed by atoms with Gasteiger partial charge in [0.1, 0.15) is 0 Å². The molecule has 0 spiro atoms. The van der Waals surface area contributed by atoms with Crippen LogP contribution >= 0.6 is 0 Å². The molecule has 0 aliphatic rings. The summed E-state index contributed by atoms with van der Waals surface area (Å²) in [5.41, 5.74) is 0. The minimum absolute atomic E-state index is 0.327. The van der Waals surface area contributed by atoms with Gasteiger partial charge in [-0.3, -0.25) is 0 Å². The van der Waals surface area contributed by atoms with Crippen LogP contribution in [-0.2, 0) is 14.3 Å². The van der Waals surface area contributed by atoms with Gasteiger partial charge < -0.3 is 9.47 Å². The highest BCUT2D eigenvalue weighted by Crippen LogP contribution is 2.03. The van der Waals surface area contributed by atoms with Gasteiger partial charge in [-0.1, -0.05) is 25.8 Å². The number of carbonyl (C=O) groups is 1. The lowest BCUT2D eigenvalue weighted by Crippen LogP contribution is -2.01. The van der Waals surface area contributed by atoms with E-state index < -0.39 is 0 Å². The SMILES string of the molecule is C=CC(=O)OCCCCCCCOCC. The molecular formula is C12H22O3. The molecule has 0 saturated heterocycles. The summed E-state index contributed by atoms with van der Waals surface area (Å²) in [4.78, 5) is 10.7. The standard InChI is InChI=1S/C12H22O3/c1-3-12(13)15-11-9-7-5-6-8-10-14-4-2/h3H,1,4-11H2,2H3. The smallest absolute Gasteiger partial charge is 0.330 e. The van der Waals surface area contributed by atoms with Gasteiger partial charge >= 0.3 is 5.97 Å². The van der Waals surface area contributed by atoms with Crippen molar-refractivity contribution in [3.63, 3.8) is 0 Å². The van der Waals surface area contributed by atoms with Gasteiger partial charge in [0.25, 0.3) is 0 Å². The van der Waals surface area contributed by atoms with Crippen LogP contribution in [0.15, 0.2) is 12.7 Å². The number of esters is 1. The fraction of sp³-hybridized carbons (Fsp3) is 0.750. The molecule has 0 rings (SSSR count). The lowest BCUT2D eigenvalue weighted by molar-refractivity contribution is -0.137. The van der Waals surface area contributed by atoms with Gasteiger partial charge in [0.05, 0.1) is 6.61 Å². The van der Waals surface area contributed by atoms with Gasteiger partial charge in [0.15, 0.2) is 0 Å². The van der Waals surface area contributed by atoms with E-state index in [1.807, 2.05) is 6.92 Å². The average molecular weight is 214 g/mol. The van der Waals surface area contributed by atoms with Gasteiger partial charge in [-0.2, -0.15) is 0 Å². The van der Waals surface area contributed by atoms with Crippen molar-refractivity contribution in [1.82, 2.24) is 0 Å². The van der Waals surface area contributed by atoms with Crippen molar-refractivity contribution in [2.45, 2.75) is 39.0 Å². The van der Waals surface area contributed by atoms with Gasteiger partial charge in [-0.05, 0) is 19.8 Å². The summed E-state index contributed by atoms with van der Waals surface area (Å²) >= 11 is 0. The van der Waals surface area contributed by atoms with Gasteiger partial charge in [-0.15, -0.1) is 0 Å². The van der Waals surface area contributed by atoms with Crippen molar-refractivity contribution in [1.29, 1.82) is 0 Å². The Kier molecular flexibility index (Phi) is 10.6. The Labute approximate surface area is 92.5 Å². The van der Waals surface area contributed by atoms with Crippen LogP contribution in [0.2, 0.25) is 0 Å². The zero-order valence-electron chi connectivity index (χ0n) is 9.67. The molecule has 0 heterocycles. The molecule has 0 aromatic carbocycles. The second kappa shape index (κ2) is 11.2. The Morgan fingerprint density at radius 2 is 1.73 bits per heavy atom. The second-order valence-corrected chi connectivity index (χ2v) is 3.34. The Bertz CT molecular complexity index is 166. The van der Waals surface area contributed by atoms with E-state index in [1.54, 1.807) is 0 Å². The molecule has 3 nitrogen and oxygen atoms in total. The summed E-state index contributed by atoms with van der Waals surface area (Å²) in [6.45, 7) is 7.51. The first-order valence-electron chi connectivity index (χ1n) is 5.68. The average Bonchev–Trinajstić information content (AvgIpc) is 2.26. The van der Waals surface area contributed by atoms with Crippen molar-refractivity contribution < 1.29 is 14.3 Å². The summed E-state index contributed by atoms with van der Waals surface area (Å²) in [5, 5.41) is 0. The number of carbonyl (C=O) groups excluding carboxylic acids is 1. The summed E-state index contributed by atoms with van der Waals surface area (Å²) in [5.74, 6) is -0.327. The highest BCUT2D eigenvalue weighted by atomic mass is 16.5. The Morgan fingerprint density at radius 3 is 2.33 bits per heavy atom. The lowest BCUT2D eigenvalue weighted by Gasteiger charge is -2.02. The topological polar surface area (TPSA) is 35.5 Å². The van der Waals surface area contributed by atoms with Crippen molar-refractivity contribution in [3.05, 3.63) is 12.7 Å². The van der Waals surface area contributed by atoms with Crippen LogP contribution in [0.5, 0.6) is 0 Å². The summed E-state index contributed by atoms with van der Waals surface area (Å²) < 4.78 is 10.1. The molecule has 0 aliphatic carbocycles. The van der Waals surface area contributed by atoms with E-state index in [4.69, 9.17) is 9.47 Å². The molecule has 0 atom stereocenters. The van der Waals surface area contributed by atoms with Gasteiger partial charge in [0.2, 0.25) is 0 Å². The van der Waals surface area contributed by atoms with Crippen LogP contribution < -0.4 is 0 Å². The van der Waals surface area contributed by atoms with Crippen LogP contribution in [0.4, 0.5) is 0 Å². The van der Waals surface area contributed by atoms with E-state index in [2.05, 4.69) is 6.58 Å². The maximum Gasteiger partial charge on any atom is 0.330 e. The maximum atomic E-state index is 10.7. The lowest BCUT2D eigenvalue weighted by atomic mass is 10.1. The normalized spacial score (nSPS) is 9.93. The Hall–Kier alpha value is -0.830. The minimum Gasteiger partial charge on any atom is -0.463 e. The third-order valence-electron chi connectivity index (χ3n) is 2.05. The quantitative estimate of drug-likeness (QED) is 0.318. The zero-order chi connectivity index (χ0) is 11.4. The molecule has 0 fully saturated rings. The third kappa shape index (κ3) is 11.1. The molecule has 15 heavy (non-hydrogen) atoms. The number of hydrogen-bond acceptors (Lipinski definition) is 3. The highest BCUT2D eigenvalue weighted by molar-refractivity contribution is 5.81. The van der Waals surface area contributed by atoms with Crippen LogP contribution in [-0.4, -0.2) is 25.8 Å². The number of unbranched alkanes of at least 4 members (excludes halogenated alkanes) is 4. The summed E-state index contributed by atoms with van der Waals surface area (Å²) in [6.07, 6.45) is 6.74. The molecule has 0 amide bonds. The van der Waals surface area contributed by atoms with Crippen LogP contribution in [0.1, 0.15) is 39.0 Å². The zero-order valence-corrected chi connectivity index (χ0v) is 9.67. The molecule has 0 aromatic rings. The largest absolute Gasteiger partial charge is 0.463 e. The van der Waals surface area contributed by atoms with Crippen molar-refractivity contribution in [3.8, 4) is 0 Å². The Balaban J connectivity index is 2.98. The first-order chi connectivity index (χ1) is 7.31. The van der Waals surface area contributed by atoms with E-state index in [0.717, 1.165) is 32.5 Å². The first-order valence-corrected chi connectivity index (χ1v) is 5.68. The fourth-order valence-electron chi connectivity index (χ4n) is 1.21. The van der Waals surface area contributed by atoms with E-state index in [0.29, 0.717) is 6.61 Å². The van der Waals surface area contributed by atoms with E-state index >= 15 is 0 Å². The fourth-order valence-corrected chi connectivity index (χ4v) is 1.21. The predicted molar refractivity (Wildman–Crippen MR) is 60.7 cm³/mol. The number of ether oxygens (including phenoxy) is 2. The summed E-state index contributed by atoms with van der Waals surface area (Å²) in [7, 11) is 0. The molecule has 3 heteroatoms. The first kappa shape index (κ1) is 14.2. The number of rotatable bonds is 10.